The fraction of sp³-hybridized carbons (Fsp3) is 0.818. The first-order chi connectivity index (χ1) is 14.0. The lowest BCUT2D eigenvalue weighted by Gasteiger charge is -2.50. The highest BCUT2D eigenvalue weighted by Gasteiger charge is 2.64. The average Bonchev–Trinajstić information content (AvgIpc) is 2.96. The number of nitrogens with zero attached hydrogens (tertiary/aromatic N) is 1. The van der Waals surface area contributed by atoms with Crippen molar-refractivity contribution in [1.29, 1.82) is 0 Å². The number of carboxylic acids is 1. The van der Waals surface area contributed by atoms with Crippen molar-refractivity contribution in [2.24, 2.45) is 5.92 Å². The van der Waals surface area contributed by atoms with E-state index in [0.717, 1.165) is 63.7 Å². The van der Waals surface area contributed by atoms with Crippen LogP contribution < -0.4 is 10.6 Å². The summed E-state index contributed by atoms with van der Waals surface area (Å²) < 4.78 is 15.3. The largest absolute Gasteiger partial charge is 0.481 e. The molecule has 0 aromatic carbocycles. The number of aliphatic carboxylic acids is 1. The van der Waals surface area contributed by atoms with Crippen LogP contribution in [0, 0.1) is 5.92 Å². The maximum absolute atomic E-state index is 12.4. The van der Waals surface area contributed by atoms with Crippen LogP contribution in [0.3, 0.4) is 0 Å². The quantitative estimate of drug-likeness (QED) is 0.484. The second-order valence-corrected chi connectivity index (χ2v) is 9.56. The van der Waals surface area contributed by atoms with Crippen LogP contribution in [0.15, 0.2) is 12.2 Å². The summed E-state index contributed by atoms with van der Waals surface area (Å²) in [6, 6.07) is 0.273. The Hall–Kier alpha value is -1.60. The predicted octanol–water partition coefficient (Wildman–Crippen LogP) is 2.31. The van der Waals surface area contributed by atoms with E-state index in [2.05, 4.69) is 41.2 Å². The molecule has 0 bridgehead atoms. The van der Waals surface area contributed by atoms with E-state index < -0.39 is 23.3 Å². The molecule has 5 heterocycles. The first-order valence-corrected chi connectivity index (χ1v) is 11.4. The van der Waals surface area contributed by atoms with Gasteiger partial charge in [-0.15, -0.1) is 0 Å². The van der Waals surface area contributed by atoms with Crippen molar-refractivity contribution >= 4 is 11.9 Å². The molecule has 2 fully saturated rings. The molecular weight excluding hydrogens is 370 g/mol. The molecule has 160 valence electrons. The monoisotopic (exact) mass is 404 g/mol. The van der Waals surface area contributed by atoms with E-state index in [0.29, 0.717) is 6.04 Å². The zero-order valence-electron chi connectivity index (χ0n) is 17.5. The average molecular weight is 405 g/mol. The van der Waals surface area contributed by atoms with Gasteiger partial charge in [-0.2, -0.15) is 0 Å². The zero-order valence-corrected chi connectivity index (χ0v) is 17.5. The van der Waals surface area contributed by atoms with E-state index in [4.69, 9.17) is 9.47 Å². The number of carbonyl (C=O) groups is 1. The van der Waals surface area contributed by atoms with Crippen molar-refractivity contribution in [1.82, 2.24) is 10.6 Å². The molecule has 7 atom stereocenters. The van der Waals surface area contributed by atoms with Gasteiger partial charge in [0, 0.05) is 19.3 Å². The van der Waals surface area contributed by atoms with Crippen LogP contribution in [0.25, 0.3) is 0 Å². The van der Waals surface area contributed by atoms with E-state index in [1.807, 2.05) is 0 Å². The van der Waals surface area contributed by atoms with E-state index in [-0.39, 0.29) is 18.2 Å². The Labute approximate surface area is 172 Å². The molecule has 0 aliphatic carbocycles. The molecule has 29 heavy (non-hydrogen) atoms. The molecule has 7 heteroatoms. The number of rotatable bonds is 2. The molecule has 5 aliphatic heterocycles. The highest BCUT2D eigenvalue weighted by Crippen LogP contribution is 2.45. The van der Waals surface area contributed by atoms with Crippen LogP contribution in [0.1, 0.15) is 71.6 Å². The minimum Gasteiger partial charge on any atom is -0.481 e. The fourth-order valence-corrected chi connectivity index (χ4v) is 6.41. The highest BCUT2D eigenvalue weighted by atomic mass is 16.5. The Morgan fingerprint density at radius 2 is 2.14 bits per heavy atom. The van der Waals surface area contributed by atoms with Gasteiger partial charge in [-0.25, -0.2) is 10.6 Å². The molecule has 0 saturated carbocycles. The van der Waals surface area contributed by atoms with E-state index in [9.17, 15) is 9.90 Å². The van der Waals surface area contributed by atoms with Gasteiger partial charge in [0.05, 0.1) is 24.3 Å². The second-order valence-electron chi connectivity index (χ2n) is 9.56. The van der Waals surface area contributed by atoms with Gasteiger partial charge in [0.25, 0.3) is 0 Å². The molecule has 7 nitrogen and oxygen atoms in total. The first kappa shape index (κ1) is 19.4. The molecule has 0 aromatic heterocycles. The predicted molar refractivity (Wildman–Crippen MR) is 107 cm³/mol. The third kappa shape index (κ3) is 3.08. The van der Waals surface area contributed by atoms with Crippen molar-refractivity contribution in [3.05, 3.63) is 12.2 Å². The minimum atomic E-state index is -0.840. The Bertz CT molecular complexity index is 752. The lowest BCUT2D eigenvalue weighted by molar-refractivity contribution is -0.609. The SMILES string of the molecule is CC[C@H]1C=CCC[C@@]2(C[C@@H]3CC[C@@H]4[C@@H](C(=O)O)[C@]5(CCC[C@@H](C)O5)NC(=[N+]34)N2)O1. The van der Waals surface area contributed by atoms with Crippen LogP contribution in [0.2, 0.25) is 0 Å². The number of ether oxygens (including phenoxy) is 2. The minimum absolute atomic E-state index is 0.0326. The number of nitrogens with one attached hydrogen (secondary N) is 2. The summed E-state index contributed by atoms with van der Waals surface area (Å²) in [4.78, 5) is 12.4. The molecule has 0 amide bonds. The standard InChI is InChI=1S/C22H33N3O4/c1-3-16-8-4-5-11-21(29-16)13-15-9-10-17-18(19(26)27)22(12-6-7-14(2)28-22)24-20(23-21)25(15)17/h4,8,14-18H,3,5-7,9-13H2,1-2H3,(H2,23,24,26,27)/p+1/t14-,15+,16+,17-,18+,21+,22-/m1/s1. The van der Waals surface area contributed by atoms with Crippen molar-refractivity contribution in [2.45, 2.75) is 107 Å². The maximum Gasteiger partial charge on any atom is 0.350 e. The van der Waals surface area contributed by atoms with Gasteiger partial charge in [-0.05, 0) is 45.4 Å². The fourth-order valence-electron chi connectivity index (χ4n) is 6.41. The molecule has 5 aliphatic rings. The van der Waals surface area contributed by atoms with Crippen molar-refractivity contribution < 1.29 is 24.0 Å². The third-order valence-corrected chi connectivity index (χ3v) is 7.61. The number of guanidine groups is 1. The molecule has 0 aromatic rings. The summed E-state index contributed by atoms with van der Waals surface area (Å²) in [7, 11) is 0. The second kappa shape index (κ2) is 6.98. The molecule has 2 spiro atoms. The number of carboxylic acid groups (broad SMARTS) is 1. The van der Waals surface area contributed by atoms with Crippen LogP contribution >= 0.6 is 0 Å². The molecule has 3 N–H and O–H groups in total. The summed E-state index contributed by atoms with van der Waals surface area (Å²) in [5.41, 5.74) is -1.24. The van der Waals surface area contributed by atoms with Crippen molar-refractivity contribution in [2.75, 3.05) is 0 Å². The Morgan fingerprint density at radius 3 is 2.90 bits per heavy atom. The lowest BCUT2D eigenvalue weighted by Crippen LogP contribution is -2.76. The van der Waals surface area contributed by atoms with Gasteiger partial charge in [0.2, 0.25) is 5.72 Å². The Morgan fingerprint density at radius 1 is 1.28 bits per heavy atom. The Balaban J connectivity index is 1.52. The molecular formula is C22H34N3O4+. The summed E-state index contributed by atoms with van der Waals surface area (Å²) in [5.74, 6) is -0.389. The first-order valence-electron chi connectivity index (χ1n) is 11.4. The van der Waals surface area contributed by atoms with Gasteiger partial charge in [0.15, 0.2) is 11.6 Å². The normalized spacial score (nSPS) is 46.2. The van der Waals surface area contributed by atoms with Crippen LogP contribution in [-0.2, 0) is 14.3 Å². The topological polar surface area (TPSA) is 82.8 Å². The van der Waals surface area contributed by atoms with Crippen LogP contribution in [0.5, 0.6) is 0 Å². The molecule has 0 radical (unpaired) electrons. The van der Waals surface area contributed by atoms with Gasteiger partial charge in [0.1, 0.15) is 0 Å². The maximum atomic E-state index is 12.4. The zero-order chi connectivity index (χ0) is 20.2. The molecule has 2 saturated heterocycles. The third-order valence-electron chi connectivity index (χ3n) is 7.61. The van der Waals surface area contributed by atoms with Gasteiger partial charge in [-0.1, -0.05) is 19.1 Å². The van der Waals surface area contributed by atoms with Gasteiger partial charge >= 0.3 is 11.9 Å². The van der Waals surface area contributed by atoms with Gasteiger partial charge in [-0.3, -0.25) is 9.37 Å². The van der Waals surface area contributed by atoms with Crippen LogP contribution in [-0.4, -0.2) is 57.4 Å². The smallest absolute Gasteiger partial charge is 0.350 e. The van der Waals surface area contributed by atoms with E-state index in [1.54, 1.807) is 0 Å². The van der Waals surface area contributed by atoms with Crippen molar-refractivity contribution in [3.63, 3.8) is 0 Å². The van der Waals surface area contributed by atoms with Gasteiger partial charge < -0.3 is 14.6 Å². The van der Waals surface area contributed by atoms with E-state index >= 15 is 0 Å². The molecule has 5 rings (SSSR count). The van der Waals surface area contributed by atoms with E-state index in [1.165, 1.54) is 0 Å². The summed E-state index contributed by atoms with van der Waals surface area (Å²) in [6.45, 7) is 4.21. The Kier molecular flexibility index (Phi) is 4.66. The summed E-state index contributed by atoms with van der Waals surface area (Å²) >= 11 is 0. The van der Waals surface area contributed by atoms with Crippen LogP contribution in [0.4, 0.5) is 0 Å². The number of allylic oxidation sites excluding steroid dienone is 1. The highest BCUT2D eigenvalue weighted by molar-refractivity contribution is 5.81. The van der Waals surface area contributed by atoms with Crippen molar-refractivity contribution in [3.8, 4) is 0 Å². The number of hydrogen-bond donors (Lipinski definition) is 3. The summed E-state index contributed by atoms with van der Waals surface area (Å²) in [6.07, 6.45) is 12.9. The lowest BCUT2D eigenvalue weighted by atomic mass is 9.80. The summed E-state index contributed by atoms with van der Waals surface area (Å²) in [5, 5.41) is 17.5. The molecule has 0 unspecified atom stereocenters. The number of hydrogen-bond acceptors (Lipinski definition) is 5.